The molecule has 0 aromatic carbocycles. The van der Waals surface area contributed by atoms with E-state index in [1.54, 1.807) is 6.92 Å². The second-order valence-corrected chi connectivity index (χ2v) is 4.41. The first-order chi connectivity index (χ1) is 8.20. The molecule has 0 radical (unpaired) electrons. The molecule has 0 saturated heterocycles. The van der Waals surface area contributed by atoms with Crippen molar-refractivity contribution >= 4 is 12.2 Å². The van der Waals surface area contributed by atoms with Crippen molar-refractivity contribution in [2.75, 3.05) is 0 Å². The van der Waals surface area contributed by atoms with Gasteiger partial charge in [0.1, 0.15) is 11.7 Å². The number of aromatic nitrogens is 3. The second kappa shape index (κ2) is 5.07. The van der Waals surface area contributed by atoms with Gasteiger partial charge in [0.2, 0.25) is 5.91 Å². The third kappa shape index (κ3) is 2.69. The van der Waals surface area contributed by atoms with Gasteiger partial charge in [-0.05, 0) is 19.8 Å². The van der Waals surface area contributed by atoms with Gasteiger partial charge in [0.25, 0.3) is 0 Å². The maximum atomic E-state index is 11.9. The predicted molar refractivity (Wildman–Crippen MR) is 60.5 cm³/mol. The lowest BCUT2D eigenvalue weighted by Crippen LogP contribution is -2.37. The first-order valence-electron chi connectivity index (χ1n) is 5.88. The van der Waals surface area contributed by atoms with Crippen molar-refractivity contribution in [3.63, 3.8) is 0 Å². The lowest BCUT2D eigenvalue weighted by atomic mass is 10.2. The number of amides is 1. The third-order valence-electron chi connectivity index (χ3n) is 3.13. The van der Waals surface area contributed by atoms with Crippen molar-refractivity contribution in [1.82, 2.24) is 20.3 Å². The summed E-state index contributed by atoms with van der Waals surface area (Å²) in [5.41, 5.74) is 0.241. The molecule has 1 saturated carbocycles. The Balaban J connectivity index is 1.95. The minimum Gasteiger partial charge on any atom is -0.352 e. The Labute approximate surface area is 99.4 Å². The molecule has 1 atom stereocenters. The highest BCUT2D eigenvalue weighted by Gasteiger charge is 2.22. The molecule has 6 nitrogen and oxygen atoms in total. The van der Waals surface area contributed by atoms with Crippen LogP contribution in [-0.2, 0) is 4.79 Å². The molecule has 1 aromatic rings. The molecule has 1 fully saturated rings. The van der Waals surface area contributed by atoms with Crippen LogP contribution in [0, 0.1) is 0 Å². The van der Waals surface area contributed by atoms with Crippen LogP contribution >= 0.6 is 0 Å². The molecule has 1 amide bonds. The molecule has 1 heterocycles. The highest BCUT2D eigenvalue weighted by Crippen LogP contribution is 2.18. The Bertz CT molecular complexity index is 409. The number of nitrogens with one attached hydrogen (secondary N) is 1. The van der Waals surface area contributed by atoms with Gasteiger partial charge in [-0.2, -0.15) is 0 Å². The average molecular weight is 236 g/mol. The Kier molecular flexibility index (Phi) is 3.51. The molecule has 0 aliphatic heterocycles. The van der Waals surface area contributed by atoms with Gasteiger partial charge in [-0.3, -0.25) is 9.59 Å². The molecular formula is C11H16N4O2. The molecule has 1 unspecified atom stereocenters. The first-order valence-corrected chi connectivity index (χ1v) is 5.88. The van der Waals surface area contributed by atoms with Crippen molar-refractivity contribution in [3.05, 3.63) is 11.9 Å². The van der Waals surface area contributed by atoms with E-state index >= 15 is 0 Å². The topological polar surface area (TPSA) is 76.9 Å². The summed E-state index contributed by atoms with van der Waals surface area (Å²) in [6, 6.07) is -0.143. The van der Waals surface area contributed by atoms with Crippen molar-refractivity contribution in [1.29, 1.82) is 0 Å². The van der Waals surface area contributed by atoms with E-state index in [1.807, 2.05) is 0 Å². The molecule has 92 valence electrons. The van der Waals surface area contributed by atoms with Crippen molar-refractivity contribution in [3.8, 4) is 0 Å². The maximum Gasteiger partial charge on any atom is 0.244 e. The smallest absolute Gasteiger partial charge is 0.244 e. The number of carbonyl (C=O) groups is 2. The van der Waals surface area contributed by atoms with Crippen LogP contribution in [0.1, 0.15) is 49.1 Å². The van der Waals surface area contributed by atoms with Gasteiger partial charge in [0.05, 0.1) is 6.20 Å². The Morgan fingerprint density at radius 3 is 2.88 bits per heavy atom. The van der Waals surface area contributed by atoms with Crippen LogP contribution in [0.4, 0.5) is 0 Å². The van der Waals surface area contributed by atoms with Crippen molar-refractivity contribution in [2.24, 2.45) is 0 Å². The van der Waals surface area contributed by atoms with Crippen molar-refractivity contribution in [2.45, 2.75) is 44.7 Å². The zero-order valence-corrected chi connectivity index (χ0v) is 9.80. The molecule has 0 spiro atoms. The Morgan fingerprint density at radius 1 is 1.59 bits per heavy atom. The summed E-state index contributed by atoms with van der Waals surface area (Å²) in [5, 5.41) is 10.4. The Hall–Kier alpha value is -1.72. The SMILES string of the molecule is CC(C(=O)NC1CCCC1)n1cc(C=O)nn1. The van der Waals surface area contributed by atoms with Gasteiger partial charge < -0.3 is 5.32 Å². The monoisotopic (exact) mass is 236 g/mol. The van der Waals surface area contributed by atoms with Gasteiger partial charge >= 0.3 is 0 Å². The van der Waals surface area contributed by atoms with Crippen LogP contribution in [0.5, 0.6) is 0 Å². The fourth-order valence-corrected chi connectivity index (χ4v) is 2.05. The van der Waals surface area contributed by atoms with Gasteiger partial charge in [-0.25, -0.2) is 4.68 Å². The summed E-state index contributed by atoms with van der Waals surface area (Å²) < 4.78 is 1.41. The van der Waals surface area contributed by atoms with Crippen LogP contribution < -0.4 is 5.32 Å². The number of carbonyl (C=O) groups excluding carboxylic acids is 2. The van der Waals surface area contributed by atoms with E-state index in [4.69, 9.17) is 0 Å². The minimum atomic E-state index is -0.434. The highest BCUT2D eigenvalue weighted by atomic mass is 16.2. The van der Waals surface area contributed by atoms with Crippen LogP contribution in [0.15, 0.2) is 6.20 Å². The number of hydrogen-bond acceptors (Lipinski definition) is 4. The highest BCUT2D eigenvalue weighted by molar-refractivity contribution is 5.80. The quantitative estimate of drug-likeness (QED) is 0.781. The van der Waals surface area contributed by atoms with E-state index in [0.29, 0.717) is 12.3 Å². The van der Waals surface area contributed by atoms with E-state index in [9.17, 15) is 9.59 Å². The van der Waals surface area contributed by atoms with Crippen LogP contribution in [0.3, 0.4) is 0 Å². The number of aldehydes is 1. The lowest BCUT2D eigenvalue weighted by Gasteiger charge is -2.16. The fraction of sp³-hybridized carbons (Fsp3) is 0.636. The minimum absolute atomic E-state index is 0.0701. The van der Waals surface area contributed by atoms with E-state index < -0.39 is 6.04 Å². The van der Waals surface area contributed by atoms with Gasteiger partial charge in [0, 0.05) is 6.04 Å². The van der Waals surface area contributed by atoms with Gasteiger partial charge in [-0.15, -0.1) is 5.10 Å². The molecule has 6 heteroatoms. The second-order valence-electron chi connectivity index (χ2n) is 4.41. The number of rotatable bonds is 4. The van der Waals surface area contributed by atoms with Crippen LogP contribution in [0.25, 0.3) is 0 Å². The molecular weight excluding hydrogens is 220 g/mol. The zero-order chi connectivity index (χ0) is 12.3. The summed E-state index contributed by atoms with van der Waals surface area (Å²) in [4.78, 5) is 22.4. The molecule has 1 aliphatic carbocycles. The first kappa shape index (κ1) is 11.8. The largest absolute Gasteiger partial charge is 0.352 e. The van der Waals surface area contributed by atoms with Crippen molar-refractivity contribution < 1.29 is 9.59 Å². The zero-order valence-electron chi connectivity index (χ0n) is 9.80. The number of hydrogen-bond donors (Lipinski definition) is 1. The number of nitrogens with zero attached hydrogens (tertiary/aromatic N) is 3. The fourth-order valence-electron chi connectivity index (χ4n) is 2.05. The summed E-state index contributed by atoms with van der Waals surface area (Å²) in [5.74, 6) is -0.0701. The standard InChI is InChI=1S/C11H16N4O2/c1-8(15-6-10(7-16)13-14-15)11(17)12-9-4-2-3-5-9/h6-9H,2-5H2,1H3,(H,12,17). The Morgan fingerprint density at radius 2 is 2.29 bits per heavy atom. The van der Waals surface area contributed by atoms with Crippen LogP contribution in [0.2, 0.25) is 0 Å². The van der Waals surface area contributed by atoms with E-state index in [1.165, 1.54) is 23.7 Å². The summed E-state index contributed by atoms with van der Waals surface area (Å²) in [6.07, 6.45) is 6.55. The van der Waals surface area contributed by atoms with E-state index in [2.05, 4.69) is 15.6 Å². The third-order valence-corrected chi connectivity index (χ3v) is 3.13. The molecule has 0 bridgehead atoms. The molecule has 1 aromatic heterocycles. The normalized spacial score (nSPS) is 17.9. The molecule has 17 heavy (non-hydrogen) atoms. The lowest BCUT2D eigenvalue weighted by molar-refractivity contribution is -0.124. The van der Waals surface area contributed by atoms with E-state index in [-0.39, 0.29) is 11.6 Å². The molecule has 1 aliphatic rings. The van der Waals surface area contributed by atoms with Crippen LogP contribution in [-0.4, -0.2) is 33.2 Å². The van der Waals surface area contributed by atoms with E-state index in [0.717, 1.165) is 12.8 Å². The van der Waals surface area contributed by atoms with Gasteiger partial charge in [-0.1, -0.05) is 18.1 Å². The van der Waals surface area contributed by atoms with Gasteiger partial charge in [0.15, 0.2) is 6.29 Å². The summed E-state index contributed by atoms with van der Waals surface area (Å²) in [7, 11) is 0. The average Bonchev–Trinajstić information content (AvgIpc) is 2.98. The maximum absolute atomic E-state index is 11.9. The predicted octanol–water partition coefficient (Wildman–Crippen LogP) is 0.710. The molecule has 2 rings (SSSR count). The molecule has 1 N–H and O–H groups in total. The summed E-state index contributed by atoms with van der Waals surface area (Å²) >= 11 is 0. The summed E-state index contributed by atoms with van der Waals surface area (Å²) in [6.45, 7) is 1.74.